The predicted octanol–water partition coefficient (Wildman–Crippen LogP) is 1.76. The van der Waals surface area contributed by atoms with E-state index in [1.165, 1.54) is 11.3 Å². The number of thiazole rings is 1. The second-order valence-electron chi connectivity index (χ2n) is 4.19. The summed E-state index contributed by atoms with van der Waals surface area (Å²) in [5.74, 6) is 0. The van der Waals surface area contributed by atoms with Gasteiger partial charge >= 0.3 is 4.87 Å². The van der Waals surface area contributed by atoms with Crippen LogP contribution in [0.25, 0.3) is 10.2 Å². The molecular weight excluding hydrogens is 208 g/mol. The fourth-order valence-corrected chi connectivity index (χ4v) is 2.67. The van der Waals surface area contributed by atoms with Gasteiger partial charge in [-0.3, -0.25) is 9.36 Å². The van der Waals surface area contributed by atoms with E-state index in [-0.39, 0.29) is 10.4 Å². The van der Waals surface area contributed by atoms with Crippen molar-refractivity contribution in [2.24, 2.45) is 5.73 Å². The molecule has 0 bridgehead atoms. The van der Waals surface area contributed by atoms with Crippen LogP contribution in [0.3, 0.4) is 0 Å². The summed E-state index contributed by atoms with van der Waals surface area (Å²) in [4.78, 5) is 11.9. The average molecular weight is 222 g/mol. The number of para-hydroxylation sites is 1. The summed E-state index contributed by atoms with van der Waals surface area (Å²) in [6.07, 6.45) is 0. The zero-order valence-corrected chi connectivity index (χ0v) is 9.67. The van der Waals surface area contributed by atoms with Crippen LogP contribution in [-0.2, 0) is 5.54 Å². The van der Waals surface area contributed by atoms with Crippen molar-refractivity contribution in [2.45, 2.75) is 19.4 Å². The highest BCUT2D eigenvalue weighted by atomic mass is 32.1. The first kappa shape index (κ1) is 10.4. The Kier molecular flexibility index (Phi) is 2.40. The molecule has 0 atom stereocenters. The predicted molar refractivity (Wildman–Crippen MR) is 64.5 cm³/mol. The summed E-state index contributed by atoms with van der Waals surface area (Å²) in [5.41, 5.74) is 6.35. The number of rotatable bonds is 2. The summed E-state index contributed by atoms with van der Waals surface area (Å²) >= 11 is 1.27. The fourth-order valence-electron chi connectivity index (χ4n) is 1.63. The van der Waals surface area contributed by atoms with Crippen LogP contribution in [0.2, 0.25) is 0 Å². The largest absolute Gasteiger partial charge is 0.328 e. The molecule has 2 aromatic rings. The van der Waals surface area contributed by atoms with E-state index in [1.54, 1.807) is 4.57 Å². The number of nitrogens with zero attached hydrogens (tertiary/aromatic N) is 1. The van der Waals surface area contributed by atoms with Gasteiger partial charge in [0.05, 0.1) is 15.8 Å². The van der Waals surface area contributed by atoms with Gasteiger partial charge in [-0.25, -0.2) is 0 Å². The van der Waals surface area contributed by atoms with Gasteiger partial charge in [0.2, 0.25) is 0 Å². The van der Waals surface area contributed by atoms with E-state index < -0.39 is 0 Å². The molecule has 1 heterocycles. The van der Waals surface area contributed by atoms with Gasteiger partial charge in [-0.1, -0.05) is 23.5 Å². The third kappa shape index (κ3) is 1.60. The van der Waals surface area contributed by atoms with Gasteiger partial charge < -0.3 is 5.73 Å². The second kappa shape index (κ2) is 3.47. The van der Waals surface area contributed by atoms with Gasteiger partial charge in [-0.2, -0.15) is 0 Å². The average Bonchev–Trinajstić information content (AvgIpc) is 2.54. The van der Waals surface area contributed by atoms with Gasteiger partial charge in [-0.15, -0.1) is 0 Å². The standard InChI is InChI=1S/C11H14N2OS/c1-11(2,7-12)13-8-5-3-4-6-9(8)15-10(13)14/h3-6H,7,12H2,1-2H3. The highest BCUT2D eigenvalue weighted by Gasteiger charge is 2.22. The van der Waals surface area contributed by atoms with E-state index in [0.29, 0.717) is 6.54 Å². The van der Waals surface area contributed by atoms with Gasteiger partial charge in [0, 0.05) is 6.54 Å². The molecule has 0 unspecified atom stereocenters. The van der Waals surface area contributed by atoms with E-state index in [1.807, 2.05) is 38.1 Å². The Bertz CT molecular complexity index is 539. The van der Waals surface area contributed by atoms with Crippen molar-refractivity contribution in [1.82, 2.24) is 4.57 Å². The highest BCUT2D eigenvalue weighted by molar-refractivity contribution is 7.16. The smallest absolute Gasteiger partial charge is 0.308 e. The molecule has 0 amide bonds. The van der Waals surface area contributed by atoms with Gasteiger partial charge in [0.1, 0.15) is 0 Å². The summed E-state index contributed by atoms with van der Waals surface area (Å²) < 4.78 is 2.80. The van der Waals surface area contributed by atoms with E-state index >= 15 is 0 Å². The maximum absolute atomic E-state index is 11.9. The lowest BCUT2D eigenvalue weighted by atomic mass is 10.1. The molecule has 15 heavy (non-hydrogen) atoms. The number of hydrogen-bond donors (Lipinski definition) is 1. The van der Waals surface area contributed by atoms with Crippen molar-refractivity contribution in [1.29, 1.82) is 0 Å². The molecule has 0 aliphatic carbocycles. The Morgan fingerprint density at radius 2 is 2.07 bits per heavy atom. The van der Waals surface area contributed by atoms with Crippen LogP contribution in [0.15, 0.2) is 29.1 Å². The monoisotopic (exact) mass is 222 g/mol. The van der Waals surface area contributed by atoms with Crippen molar-refractivity contribution in [3.63, 3.8) is 0 Å². The van der Waals surface area contributed by atoms with Crippen LogP contribution >= 0.6 is 11.3 Å². The molecule has 0 fully saturated rings. The van der Waals surface area contributed by atoms with Crippen LogP contribution in [0, 0.1) is 0 Å². The van der Waals surface area contributed by atoms with Crippen molar-refractivity contribution in [2.75, 3.05) is 6.54 Å². The van der Waals surface area contributed by atoms with Crippen molar-refractivity contribution >= 4 is 21.6 Å². The Balaban J connectivity index is 2.80. The first-order chi connectivity index (χ1) is 7.06. The van der Waals surface area contributed by atoms with Crippen LogP contribution in [0.4, 0.5) is 0 Å². The first-order valence-corrected chi connectivity index (χ1v) is 5.69. The summed E-state index contributed by atoms with van der Waals surface area (Å²) in [6.45, 7) is 4.41. The van der Waals surface area contributed by atoms with Crippen molar-refractivity contribution < 1.29 is 0 Å². The van der Waals surface area contributed by atoms with E-state index in [4.69, 9.17) is 5.73 Å². The minimum absolute atomic E-state index is 0.0617. The van der Waals surface area contributed by atoms with Crippen LogP contribution in [0.1, 0.15) is 13.8 Å². The number of hydrogen-bond acceptors (Lipinski definition) is 3. The van der Waals surface area contributed by atoms with E-state index in [2.05, 4.69) is 0 Å². The quantitative estimate of drug-likeness (QED) is 0.841. The molecule has 2 rings (SSSR count). The van der Waals surface area contributed by atoms with E-state index in [9.17, 15) is 4.79 Å². The molecule has 0 saturated heterocycles. The van der Waals surface area contributed by atoms with Crippen molar-refractivity contribution in [3.8, 4) is 0 Å². The lowest BCUT2D eigenvalue weighted by Gasteiger charge is -2.24. The molecule has 0 spiro atoms. The third-order valence-corrected chi connectivity index (χ3v) is 3.51. The van der Waals surface area contributed by atoms with E-state index in [0.717, 1.165) is 10.2 Å². The van der Waals surface area contributed by atoms with Crippen LogP contribution in [-0.4, -0.2) is 11.1 Å². The maximum Gasteiger partial charge on any atom is 0.308 e. The molecule has 0 aliphatic heterocycles. The van der Waals surface area contributed by atoms with Crippen LogP contribution < -0.4 is 10.6 Å². The van der Waals surface area contributed by atoms with Gasteiger partial charge in [-0.05, 0) is 26.0 Å². The number of aromatic nitrogens is 1. The molecule has 1 aromatic carbocycles. The zero-order chi connectivity index (χ0) is 11.1. The Labute approximate surface area is 92.1 Å². The zero-order valence-electron chi connectivity index (χ0n) is 8.86. The van der Waals surface area contributed by atoms with Crippen LogP contribution in [0.5, 0.6) is 0 Å². The van der Waals surface area contributed by atoms with Gasteiger partial charge in [0.25, 0.3) is 0 Å². The minimum Gasteiger partial charge on any atom is -0.328 e. The molecule has 2 N–H and O–H groups in total. The Morgan fingerprint density at radius 1 is 1.40 bits per heavy atom. The lowest BCUT2D eigenvalue weighted by Crippen LogP contribution is -2.39. The summed E-state index contributed by atoms with van der Waals surface area (Å²) in [7, 11) is 0. The first-order valence-electron chi connectivity index (χ1n) is 4.87. The molecule has 80 valence electrons. The lowest BCUT2D eigenvalue weighted by molar-refractivity contribution is 0.373. The number of fused-ring (bicyclic) bond motifs is 1. The minimum atomic E-state index is -0.323. The maximum atomic E-state index is 11.9. The van der Waals surface area contributed by atoms with Crippen molar-refractivity contribution in [3.05, 3.63) is 33.9 Å². The topological polar surface area (TPSA) is 48.0 Å². The summed E-state index contributed by atoms with van der Waals surface area (Å²) in [6, 6.07) is 7.81. The number of nitrogens with two attached hydrogens (primary N) is 1. The molecule has 3 nitrogen and oxygen atoms in total. The SMILES string of the molecule is CC(C)(CN)n1c(=O)sc2ccccc21. The number of benzene rings is 1. The fraction of sp³-hybridized carbons (Fsp3) is 0.364. The molecule has 0 saturated carbocycles. The second-order valence-corrected chi connectivity index (χ2v) is 5.18. The third-order valence-electron chi connectivity index (χ3n) is 2.59. The Morgan fingerprint density at radius 3 is 2.73 bits per heavy atom. The molecule has 0 aliphatic rings. The highest BCUT2D eigenvalue weighted by Crippen LogP contribution is 2.22. The molecular formula is C11H14N2OS. The summed E-state index contributed by atoms with van der Waals surface area (Å²) in [5, 5.41) is 0. The van der Waals surface area contributed by atoms with Gasteiger partial charge in [0.15, 0.2) is 0 Å². The Hall–Kier alpha value is -1.13. The normalized spacial score (nSPS) is 12.2. The molecule has 0 radical (unpaired) electrons. The molecule has 1 aromatic heterocycles. The molecule has 4 heteroatoms.